The lowest BCUT2D eigenvalue weighted by Gasteiger charge is -2.23. The van der Waals surface area contributed by atoms with Crippen molar-refractivity contribution in [3.8, 4) is 0 Å². The number of hydrogen-bond donors (Lipinski definition) is 0. The first-order valence-electron chi connectivity index (χ1n) is 10.3. The van der Waals surface area contributed by atoms with Gasteiger partial charge in [0, 0.05) is 43.3 Å². The Bertz CT molecular complexity index is 1100. The fraction of sp³-hybridized carbons (Fsp3) is 0.304. The van der Waals surface area contributed by atoms with Crippen LogP contribution in [0.4, 0.5) is 5.82 Å². The zero-order valence-corrected chi connectivity index (χ0v) is 18.0. The predicted octanol–water partition coefficient (Wildman–Crippen LogP) is 3.81. The number of nitrogens with zero attached hydrogens (tertiary/aromatic N) is 4. The van der Waals surface area contributed by atoms with Gasteiger partial charge in [-0.05, 0) is 55.8 Å². The third-order valence-electron chi connectivity index (χ3n) is 5.27. The van der Waals surface area contributed by atoms with Crippen molar-refractivity contribution >= 4 is 40.2 Å². The monoisotopic (exact) mass is 438 g/mol. The van der Waals surface area contributed by atoms with Crippen molar-refractivity contribution in [1.82, 2.24) is 14.9 Å². The molecular formula is C23H23ClN4O3. The minimum atomic E-state index is -0.373. The molecule has 0 bridgehead atoms. The predicted molar refractivity (Wildman–Crippen MR) is 120 cm³/mol. The van der Waals surface area contributed by atoms with Crippen molar-refractivity contribution in [2.45, 2.75) is 13.3 Å². The second-order valence-corrected chi connectivity index (χ2v) is 7.69. The molecule has 7 nitrogen and oxygen atoms in total. The average Bonchev–Trinajstić information content (AvgIpc) is 3.05. The summed E-state index contributed by atoms with van der Waals surface area (Å²) in [6.45, 7) is 4.83. The molecule has 4 rings (SSSR count). The van der Waals surface area contributed by atoms with Crippen LogP contribution in [-0.4, -0.2) is 59.5 Å². The second-order valence-electron chi connectivity index (χ2n) is 7.30. The van der Waals surface area contributed by atoms with Crippen LogP contribution in [0.3, 0.4) is 0 Å². The first kappa shape index (κ1) is 21.1. The Morgan fingerprint density at radius 1 is 1.03 bits per heavy atom. The quantitative estimate of drug-likeness (QED) is 0.455. The van der Waals surface area contributed by atoms with E-state index in [0.29, 0.717) is 42.5 Å². The standard InChI is InChI=1S/C23H23ClN4O3/c1-2-31-23(30)18-6-9-21(25-15-18)27-10-3-11-28(13-12-27)22(29)17-4-7-19-16(14-17)5-8-20(24)26-19/h4-9,14-15H,2-3,10-13H2,1H3. The summed E-state index contributed by atoms with van der Waals surface area (Å²) in [5.74, 6) is 0.419. The Labute approximate surface area is 185 Å². The highest BCUT2D eigenvalue weighted by Gasteiger charge is 2.21. The summed E-state index contributed by atoms with van der Waals surface area (Å²) in [5.41, 5.74) is 1.84. The fourth-order valence-electron chi connectivity index (χ4n) is 3.67. The van der Waals surface area contributed by atoms with Crippen LogP contribution >= 0.6 is 11.6 Å². The number of ether oxygens (including phenoxy) is 1. The molecule has 0 radical (unpaired) electrons. The van der Waals surface area contributed by atoms with E-state index in [0.717, 1.165) is 29.7 Å². The van der Waals surface area contributed by atoms with Gasteiger partial charge in [0.1, 0.15) is 11.0 Å². The molecule has 1 amide bonds. The normalized spacial score (nSPS) is 14.4. The molecule has 0 N–H and O–H groups in total. The minimum Gasteiger partial charge on any atom is -0.462 e. The molecule has 1 aliphatic rings. The van der Waals surface area contributed by atoms with Crippen LogP contribution in [0.25, 0.3) is 10.9 Å². The number of anilines is 1. The molecular weight excluding hydrogens is 416 g/mol. The minimum absolute atomic E-state index is 0.00400. The molecule has 1 fully saturated rings. The number of benzene rings is 1. The Morgan fingerprint density at radius 3 is 2.65 bits per heavy atom. The molecule has 0 aliphatic carbocycles. The van der Waals surface area contributed by atoms with Crippen LogP contribution in [0.2, 0.25) is 5.15 Å². The van der Waals surface area contributed by atoms with E-state index in [1.54, 1.807) is 25.1 Å². The van der Waals surface area contributed by atoms with Crippen molar-refractivity contribution < 1.29 is 14.3 Å². The van der Waals surface area contributed by atoms with Gasteiger partial charge in [-0.2, -0.15) is 0 Å². The summed E-state index contributed by atoms with van der Waals surface area (Å²) in [6, 6.07) is 12.6. The molecule has 3 heterocycles. The average molecular weight is 439 g/mol. The smallest absolute Gasteiger partial charge is 0.339 e. The van der Waals surface area contributed by atoms with E-state index >= 15 is 0 Å². The van der Waals surface area contributed by atoms with Gasteiger partial charge in [0.05, 0.1) is 17.7 Å². The maximum atomic E-state index is 13.1. The highest BCUT2D eigenvalue weighted by Crippen LogP contribution is 2.20. The van der Waals surface area contributed by atoms with Gasteiger partial charge in [0.15, 0.2) is 0 Å². The third-order valence-corrected chi connectivity index (χ3v) is 5.48. The number of aromatic nitrogens is 2. The Hall–Kier alpha value is -3.19. The molecule has 0 atom stereocenters. The maximum absolute atomic E-state index is 13.1. The van der Waals surface area contributed by atoms with Gasteiger partial charge >= 0.3 is 5.97 Å². The van der Waals surface area contributed by atoms with Crippen LogP contribution < -0.4 is 4.90 Å². The number of halogens is 1. The Kier molecular flexibility index (Phi) is 6.32. The third kappa shape index (κ3) is 4.77. The number of esters is 1. The summed E-state index contributed by atoms with van der Waals surface area (Å²) < 4.78 is 5.00. The molecule has 1 aromatic carbocycles. The number of fused-ring (bicyclic) bond motifs is 1. The molecule has 0 unspecified atom stereocenters. The van der Waals surface area contributed by atoms with E-state index in [-0.39, 0.29) is 11.9 Å². The van der Waals surface area contributed by atoms with E-state index in [1.807, 2.05) is 29.2 Å². The van der Waals surface area contributed by atoms with Crippen LogP contribution in [0.5, 0.6) is 0 Å². The van der Waals surface area contributed by atoms with Gasteiger partial charge in [-0.1, -0.05) is 11.6 Å². The SMILES string of the molecule is CCOC(=O)c1ccc(N2CCCN(C(=O)c3ccc4nc(Cl)ccc4c3)CC2)nc1. The lowest BCUT2D eigenvalue weighted by molar-refractivity contribution is 0.0525. The Balaban J connectivity index is 1.43. The molecule has 0 spiro atoms. The number of pyridine rings is 2. The van der Waals surface area contributed by atoms with Crippen LogP contribution in [0.1, 0.15) is 34.1 Å². The first-order chi connectivity index (χ1) is 15.0. The topological polar surface area (TPSA) is 75.6 Å². The molecule has 8 heteroatoms. The van der Waals surface area contributed by atoms with Gasteiger partial charge in [-0.15, -0.1) is 0 Å². The molecule has 3 aromatic rings. The van der Waals surface area contributed by atoms with E-state index in [2.05, 4.69) is 14.9 Å². The number of carbonyl (C=O) groups is 2. The van der Waals surface area contributed by atoms with Crippen molar-refractivity contribution in [3.05, 3.63) is 64.9 Å². The molecule has 2 aromatic heterocycles. The molecule has 0 saturated carbocycles. The van der Waals surface area contributed by atoms with Crippen molar-refractivity contribution in [3.63, 3.8) is 0 Å². The highest BCUT2D eigenvalue weighted by atomic mass is 35.5. The summed E-state index contributed by atoms with van der Waals surface area (Å²) in [7, 11) is 0. The lowest BCUT2D eigenvalue weighted by Crippen LogP contribution is -2.35. The van der Waals surface area contributed by atoms with Crippen molar-refractivity contribution in [2.24, 2.45) is 0 Å². The molecule has 1 saturated heterocycles. The van der Waals surface area contributed by atoms with Gasteiger partial charge in [-0.3, -0.25) is 4.79 Å². The van der Waals surface area contributed by atoms with E-state index < -0.39 is 0 Å². The Morgan fingerprint density at radius 2 is 1.87 bits per heavy atom. The number of hydrogen-bond acceptors (Lipinski definition) is 6. The zero-order chi connectivity index (χ0) is 21.8. The number of amides is 1. The number of rotatable bonds is 4. The summed E-state index contributed by atoms with van der Waals surface area (Å²) in [6.07, 6.45) is 2.37. The number of carbonyl (C=O) groups excluding carboxylic acids is 2. The first-order valence-corrected chi connectivity index (χ1v) is 10.7. The molecule has 160 valence electrons. The largest absolute Gasteiger partial charge is 0.462 e. The van der Waals surface area contributed by atoms with E-state index in [4.69, 9.17) is 16.3 Å². The van der Waals surface area contributed by atoms with Gasteiger partial charge in [-0.25, -0.2) is 14.8 Å². The second kappa shape index (κ2) is 9.31. The van der Waals surface area contributed by atoms with Gasteiger partial charge in [0.2, 0.25) is 0 Å². The van der Waals surface area contributed by atoms with E-state index in [1.165, 1.54) is 6.20 Å². The van der Waals surface area contributed by atoms with Gasteiger partial charge < -0.3 is 14.5 Å². The van der Waals surface area contributed by atoms with Gasteiger partial charge in [0.25, 0.3) is 5.91 Å². The summed E-state index contributed by atoms with van der Waals surface area (Å²) in [5, 5.41) is 1.32. The van der Waals surface area contributed by atoms with Crippen LogP contribution in [0, 0.1) is 0 Å². The van der Waals surface area contributed by atoms with Crippen LogP contribution in [0.15, 0.2) is 48.7 Å². The van der Waals surface area contributed by atoms with E-state index in [9.17, 15) is 9.59 Å². The summed E-state index contributed by atoms with van der Waals surface area (Å²) in [4.78, 5) is 37.6. The fourth-order valence-corrected chi connectivity index (χ4v) is 3.83. The van der Waals surface area contributed by atoms with Crippen LogP contribution in [-0.2, 0) is 4.74 Å². The van der Waals surface area contributed by atoms with Crippen molar-refractivity contribution in [1.29, 1.82) is 0 Å². The highest BCUT2D eigenvalue weighted by molar-refractivity contribution is 6.29. The summed E-state index contributed by atoms with van der Waals surface area (Å²) >= 11 is 5.94. The van der Waals surface area contributed by atoms with Crippen molar-refractivity contribution in [2.75, 3.05) is 37.7 Å². The lowest BCUT2D eigenvalue weighted by atomic mass is 10.1. The molecule has 31 heavy (non-hydrogen) atoms. The molecule has 1 aliphatic heterocycles. The zero-order valence-electron chi connectivity index (χ0n) is 17.3. The maximum Gasteiger partial charge on any atom is 0.339 e.